The average Bonchev–Trinajstić information content (AvgIpc) is 2.96. The standard InChI is InChI=1S/C11H16N2O2S/c1-2-8-7-11(8)13-16(14,15)10-5-3-9(12)4-6-10/h3-6,8,11,13H,2,7,12H2,1H3. The van der Waals surface area contributed by atoms with E-state index in [4.69, 9.17) is 5.73 Å². The number of nitrogen functional groups attached to an aromatic ring is 1. The summed E-state index contributed by atoms with van der Waals surface area (Å²) < 4.78 is 26.5. The third-order valence-corrected chi connectivity index (χ3v) is 4.45. The maximum Gasteiger partial charge on any atom is 0.240 e. The minimum Gasteiger partial charge on any atom is -0.399 e. The van der Waals surface area contributed by atoms with E-state index in [-0.39, 0.29) is 10.9 Å². The van der Waals surface area contributed by atoms with E-state index < -0.39 is 10.0 Å². The third kappa shape index (κ3) is 2.36. The van der Waals surface area contributed by atoms with E-state index in [9.17, 15) is 8.42 Å². The summed E-state index contributed by atoms with van der Waals surface area (Å²) in [7, 11) is -3.36. The number of anilines is 1. The van der Waals surface area contributed by atoms with E-state index in [2.05, 4.69) is 11.6 Å². The number of hydrogen-bond acceptors (Lipinski definition) is 3. The van der Waals surface area contributed by atoms with Crippen LogP contribution >= 0.6 is 0 Å². The van der Waals surface area contributed by atoms with Gasteiger partial charge in [-0.15, -0.1) is 0 Å². The lowest BCUT2D eigenvalue weighted by Crippen LogP contribution is -2.27. The van der Waals surface area contributed by atoms with Gasteiger partial charge in [-0.05, 0) is 36.6 Å². The lowest BCUT2D eigenvalue weighted by atomic mass is 10.3. The molecule has 2 unspecified atom stereocenters. The van der Waals surface area contributed by atoms with Crippen molar-refractivity contribution < 1.29 is 8.42 Å². The van der Waals surface area contributed by atoms with E-state index in [1.165, 1.54) is 12.1 Å². The number of nitrogens with two attached hydrogens (primary N) is 1. The largest absolute Gasteiger partial charge is 0.399 e. The quantitative estimate of drug-likeness (QED) is 0.780. The van der Waals surface area contributed by atoms with E-state index in [0.717, 1.165) is 12.8 Å². The smallest absolute Gasteiger partial charge is 0.240 e. The maximum atomic E-state index is 11.9. The van der Waals surface area contributed by atoms with Crippen LogP contribution in [0, 0.1) is 5.92 Å². The Morgan fingerprint density at radius 1 is 1.38 bits per heavy atom. The zero-order chi connectivity index (χ0) is 11.8. The number of sulfonamides is 1. The maximum absolute atomic E-state index is 11.9. The summed E-state index contributed by atoms with van der Waals surface area (Å²) in [6.07, 6.45) is 1.97. The number of rotatable bonds is 4. The fourth-order valence-corrected chi connectivity index (χ4v) is 3.08. The molecule has 0 aromatic heterocycles. The van der Waals surface area contributed by atoms with Crippen LogP contribution in [-0.4, -0.2) is 14.5 Å². The first kappa shape index (κ1) is 11.4. The van der Waals surface area contributed by atoms with Crippen LogP contribution in [0.15, 0.2) is 29.2 Å². The Morgan fingerprint density at radius 3 is 2.50 bits per heavy atom. The second-order valence-electron chi connectivity index (χ2n) is 4.20. The molecule has 0 radical (unpaired) electrons. The van der Waals surface area contributed by atoms with Crippen LogP contribution in [0.25, 0.3) is 0 Å². The minimum absolute atomic E-state index is 0.118. The van der Waals surface area contributed by atoms with E-state index >= 15 is 0 Å². The molecule has 1 saturated carbocycles. The van der Waals surface area contributed by atoms with Crippen molar-refractivity contribution in [1.82, 2.24) is 4.72 Å². The van der Waals surface area contributed by atoms with Crippen molar-refractivity contribution >= 4 is 15.7 Å². The molecule has 16 heavy (non-hydrogen) atoms. The molecule has 4 nitrogen and oxygen atoms in total. The lowest BCUT2D eigenvalue weighted by Gasteiger charge is -2.06. The van der Waals surface area contributed by atoms with Crippen molar-refractivity contribution in [3.63, 3.8) is 0 Å². The van der Waals surface area contributed by atoms with Gasteiger partial charge in [0.1, 0.15) is 0 Å². The molecule has 0 saturated heterocycles. The zero-order valence-corrected chi connectivity index (χ0v) is 10.00. The van der Waals surface area contributed by atoms with Gasteiger partial charge in [0.15, 0.2) is 0 Å². The molecule has 1 aromatic carbocycles. The van der Waals surface area contributed by atoms with Gasteiger partial charge in [-0.25, -0.2) is 13.1 Å². The summed E-state index contributed by atoms with van der Waals surface area (Å²) in [5.74, 6) is 0.503. The Bertz CT molecular complexity index is 467. The summed E-state index contributed by atoms with van der Waals surface area (Å²) in [5.41, 5.74) is 6.08. The Labute approximate surface area is 95.9 Å². The van der Waals surface area contributed by atoms with Gasteiger partial charge in [0.25, 0.3) is 0 Å². The molecule has 1 aromatic rings. The molecular weight excluding hydrogens is 224 g/mol. The molecule has 0 heterocycles. The topological polar surface area (TPSA) is 72.2 Å². The van der Waals surface area contributed by atoms with Crippen LogP contribution < -0.4 is 10.5 Å². The molecular formula is C11H16N2O2S. The van der Waals surface area contributed by atoms with Gasteiger partial charge in [-0.3, -0.25) is 0 Å². The molecule has 0 aliphatic heterocycles. The first-order chi connectivity index (χ1) is 7.53. The predicted molar refractivity (Wildman–Crippen MR) is 63.4 cm³/mol. The molecule has 0 spiro atoms. The van der Waals surface area contributed by atoms with Crippen molar-refractivity contribution in [1.29, 1.82) is 0 Å². The first-order valence-corrected chi connectivity index (χ1v) is 6.89. The van der Waals surface area contributed by atoms with Gasteiger partial charge in [-0.2, -0.15) is 0 Å². The second-order valence-corrected chi connectivity index (χ2v) is 5.91. The summed E-state index contributed by atoms with van der Waals surface area (Å²) >= 11 is 0. The lowest BCUT2D eigenvalue weighted by molar-refractivity contribution is 0.576. The van der Waals surface area contributed by atoms with Gasteiger partial charge in [0.2, 0.25) is 10.0 Å². The van der Waals surface area contributed by atoms with Gasteiger partial charge in [0, 0.05) is 11.7 Å². The Balaban J connectivity index is 2.10. The SMILES string of the molecule is CCC1CC1NS(=O)(=O)c1ccc(N)cc1. The van der Waals surface area contributed by atoms with Crippen LogP contribution in [0.5, 0.6) is 0 Å². The van der Waals surface area contributed by atoms with Gasteiger partial charge in [-0.1, -0.05) is 13.3 Å². The Morgan fingerprint density at radius 2 is 2.00 bits per heavy atom. The highest BCUT2D eigenvalue weighted by molar-refractivity contribution is 7.89. The van der Waals surface area contributed by atoms with Crippen LogP contribution in [0.1, 0.15) is 19.8 Å². The molecule has 0 amide bonds. The highest BCUT2D eigenvalue weighted by Gasteiger charge is 2.38. The average molecular weight is 240 g/mol. The summed E-state index contributed by atoms with van der Waals surface area (Å²) in [4.78, 5) is 0.281. The molecule has 5 heteroatoms. The first-order valence-electron chi connectivity index (χ1n) is 5.41. The molecule has 3 N–H and O–H groups in total. The molecule has 2 rings (SSSR count). The predicted octanol–water partition coefficient (Wildman–Crippen LogP) is 1.35. The van der Waals surface area contributed by atoms with Gasteiger partial charge >= 0.3 is 0 Å². The highest BCUT2D eigenvalue weighted by Crippen LogP contribution is 2.34. The Hall–Kier alpha value is -1.07. The normalized spacial score (nSPS) is 24.3. The van der Waals surface area contributed by atoms with Crippen LogP contribution in [0.3, 0.4) is 0 Å². The van der Waals surface area contributed by atoms with Crippen LogP contribution in [0.2, 0.25) is 0 Å². The van der Waals surface area contributed by atoms with Crippen LogP contribution in [-0.2, 0) is 10.0 Å². The van der Waals surface area contributed by atoms with Crippen molar-refractivity contribution in [2.24, 2.45) is 5.92 Å². The number of benzene rings is 1. The monoisotopic (exact) mass is 240 g/mol. The summed E-state index contributed by atoms with van der Waals surface area (Å²) in [6.45, 7) is 2.07. The number of hydrogen-bond donors (Lipinski definition) is 2. The van der Waals surface area contributed by atoms with E-state index in [1.54, 1.807) is 12.1 Å². The minimum atomic E-state index is -3.36. The highest BCUT2D eigenvalue weighted by atomic mass is 32.2. The summed E-state index contributed by atoms with van der Waals surface area (Å²) in [6, 6.07) is 6.37. The molecule has 1 fully saturated rings. The second kappa shape index (κ2) is 4.07. The van der Waals surface area contributed by atoms with Gasteiger partial charge < -0.3 is 5.73 Å². The number of nitrogens with one attached hydrogen (secondary N) is 1. The fourth-order valence-electron chi connectivity index (χ4n) is 1.76. The Kier molecular flexibility index (Phi) is 2.90. The third-order valence-electron chi connectivity index (χ3n) is 2.94. The van der Waals surface area contributed by atoms with Crippen molar-refractivity contribution in [2.45, 2.75) is 30.7 Å². The van der Waals surface area contributed by atoms with Crippen molar-refractivity contribution in [3.8, 4) is 0 Å². The fraction of sp³-hybridized carbons (Fsp3) is 0.455. The van der Waals surface area contributed by atoms with Crippen molar-refractivity contribution in [2.75, 3.05) is 5.73 Å². The molecule has 1 aliphatic rings. The van der Waals surface area contributed by atoms with Crippen molar-refractivity contribution in [3.05, 3.63) is 24.3 Å². The molecule has 88 valence electrons. The van der Waals surface area contributed by atoms with E-state index in [1.807, 2.05) is 0 Å². The zero-order valence-electron chi connectivity index (χ0n) is 9.18. The molecule has 1 aliphatic carbocycles. The molecule has 2 atom stereocenters. The van der Waals surface area contributed by atoms with E-state index in [0.29, 0.717) is 11.6 Å². The van der Waals surface area contributed by atoms with Crippen LogP contribution in [0.4, 0.5) is 5.69 Å². The summed E-state index contributed by atoms with van der Waals surface area (Å²) in [5, 5.41) is 0. The van der Waals surface area contributed by atoms with Gasteiger partial charge in [0.05, 0.1) is 4.90 Å². The molecule has 0 bridgehead atoms.